The molecule has 1 aliphatic heterocycles. The lowest BCUT2D eigenvalue weighted by atomic mass is 10.2. The molecule has 0 spiro atoms. The van der Waals surface area contributed by atoms with Crippen molar-refractivity contribution in [2.24, 2.45) is 0 Å². The Balaban J connectivity index is 1.50. The van der Waals surface area contributed by atoms with Gasteiger partial charge in [0.25, 0.3) is 5.56 Å². The molecule has 0 radical (unpaired) electrons. The van der Waals surface area contributed by atoms with Crippen molar-refractivity contribution in [2.45, 2.75) is 37.1 Å². The molecule has 0 bridgehead atoms. The number of hydrogen-bond acceptors (Lipinski definition) is 6. The van der Waals surface area contributed by atoms with Crippen molar-refractivity contribution >= 4 is 43.2 Å². The fourth-order valence-electron chi connectivity index (χ4n) is 3.53. The maximum atomic E-state index is 13.0. The molecule has 30 heavy (non-hydrogen) atoms. The molecule has 1 aliphatic rings. The molecule has 2 aromatic heterocycles. The molecule has 0 aliphatic carbocycles. The predicted octanol–water partition coefficient (Wildman–Crippen LogP) is 2.66. The molecule has 1 N–H and O–H groups in total. The van der Waals surface area contributed by atoms with Gasteiger partial charge in [-0.25, -0.2) is 13.4 Å². The van der Waals surface area contributed by atoms with Gasteiger partial charge in [-0.2, -0.15) is 4.31 Å². The Labute approximate surface area is 178 Å². The highest BCUT2D eigenvalue weighted by Crippen LogP contribution is 2.22. The number of carbonyl (C=O) groups excluding carboxylic acids is 1. The predicted molar refractivity (Wildman–Crippen MR) is 116 cm³/mol. The standard InChI is InChI=1S/C20H22N4O4S2/c25-18(13-23-14-21-19-17(20(23)26)8-11-29-19)22-15-6-5-7-16(12-15)30(27,28)24-9-3-1-2-4-10-24/h5-8,11-12,14H,1-4,9-10,13H2,(H,22,25). The van der Waals surface area contributed by atoms with E-state index in [0.717, 1.165) is 25.7 Å². The summed E-state index contributed by atoms with van der Waals surface area (Å²) in [6.07, 6.45) is 5.13. The summed E-state index contributed by atoms with van der Waals surface area (Å²) in [6, 6.07) is 7.91. The van der Waals surface area contributed by atoms with Gasteiger partial charge in [0.1, 0.15) is 11.4 Å². The number of carbonyl (C=O) groups is 1. The first-order chi connectivity index (χ1) is 14.4. The van der Waals surface area contributed by atoms with Gasteiger partial charge in [-0.1, -0.05) is 18.9 Å². The second-order valence-corrected chi connectivity index (χ2v) is 10.0. The molecule has 3 aromatic rings. The van der Waals surface area contributed by atoms with Gasteiger partial charge in [0.2, 0.25) is 15.9 Å². The number of aromatic nitrogens is 2. The van der Waals surface area contributed by atoms with E-state index in [4.69, 9.17) is 0 Å². The van der Waals surface area contributed by atoms with Crippen LogP contribution in [0.5, 0.6) is 0 Å². The zero-order valence-electron chi connectivity index (χ0n) is 16.3. The van der Waals surface area contributed by atoms with Crippen molar-refractivity contribution in [2.75, 3.05) is 18.4 Å². The number of anilines is 1. The fraction of sp³-hybridized carbons (Fsp3) is 0.350. The van der Waals surface area contributed by atoms with Gasteiger partial charge in [0.05, 0.1) is 16.6 Å². The highest BCUT2D eigenvalue weighted by atomic mass is 32.2. The van der Waals surface area contributed by atoms with Gasteiger partial charge in [-0.3, -0.25) is 14.2 Å². The number of rotatable bonds is 5. The van der Waals surface area contributed by atoms with Gasteiger partial charge >= 0.3 is 0 Å². The number of amides is 1. The summed E-state index contributed by atoms with van der Waals surface area (Å²) in [4.78, 5) is 29.9. The van der Waals surface area contributed by atoms with Crippen LogP contribution in [0.3, 0.4) is 0 Å². The molecular weight excluding hydrogens is 424 g/mol. The third-order valence-corrected chi connectivity index (χ3v) is 7.80. The lowest BCUT2D eigenvalue weighted by Crippen LogP contribution is -2.32. The van der Waals surface area contributed by atoms with Crippen molar-refractivity contribution in [3.05, 3.63) is 52.4 Å². The van der Waals surface area contributed by atoms with Gasteiger partial charge in [0, 0.05) is 18.8 Å². The smallest absolute Gasteiger partial charge is 0.262 e. The molecule has 158 valence electrons. The van der Waals surface area contributed by atoms with Crippen LogP contribution >= 0.6 is 11.3 Å². The second-order valence-electron chi connectivity index (χ2n) is 7.21. The van der Waals surface area contributed by atoms with E-state index in [0.29, 0.717) is 29.0 Å². The summed E-state index contributed by atoms with van der Waals surface area (Å²) in [5.74, 6) is -0.433. The maximum Gasteiger partial charge on any atom is 0.262 e. The number of hydrogen-bond donors (Lipinski definition) is 1. The normalized spacial score (nSPS) is 15.7. The molecule has 10 heteroatoms. The average Bonchev–Trinajstić information content (AvgIpc) is 3.03. The van der Waals surface area contributed by atoms with E-state index in [9.17, 15) is 18.0 Å². The van der Waals surface area contributed by atoms with Crippen LogP contribution in [0.25, 0.3) is 10.2 Å². The van der Waals surface area contributed by atoms with Crippen LogP contribution < -0.4 is 10.9 Å². The van der Waals surface area contributed by atoms with Crippen LogP contribution in [0.2, 0.25) is 0 Å². The zero-order chi connectivity index (χ0) is 21.1. The zero-order valence-corrected chi connectivity index (χ0v) is 17.9. The van der Waals surface area contributed by atoms with Gasteiger partial charge in [-0.05, 0) is 42.5 Å². The number of sulfonamides is 1. The first-order valence-electron chi connectivity index (χ1n) is 9.78. The maximum absolute atomic E-state index is 13.0. The Morgan fingerprint density at radius 1 is 1.13 bits per heavy atom. The van der Waals surface area contributed by atoms with E-state index in [1.807, 2.05) is 0 Å². The topological polar surface area (TPSA) is 101 Å². The minimum absolute atomic E-state index is 0.153. The van der Waals surface area contributed by atoms with Crippen molar-refractivity contribution in [1.82, 2.24) is 13.9 Å². The third kappa shape index (κ3) is 4.30. The number of benzene rings is 1. The summed E-state index contributed by atoms with van der Waals surface area (Å²) in [6.45, 7) is 0.820. The minimum atomic E-state index is -3.61. The molecule has 0 unspecified atom stereocenters. The Hall–Kier alpha value is -2.56. The van der Waals surface area contributed by atoms with Crippen molar-refractivity contribution in [1.29, 1.82) is 0 Å². The summed E-state index contributed by atoms with van der Waals surface area (Å²) < 4.78 is 28.7. The fourth-order valence-corrected chi connectivity index (χ4v) is 5.81. The molecule has 3 heterocycles. The second kappa shape index (κ2) is 8.66. The highest BCUT2D eigenvalue weighted by molar-refractivity contribution is 7.89. The third-order valence-electron chi connectivity index (χ3n) is 5.08. The van der Waals surface area contributed by atoms with Crippen LogP contribution in [0.4, 0.5) is 5.69 Å². The summed E-state index contributed by atoms with van der Waals surface area (Å²) in [5, 5.41) is 4.93. The largest absolute Gasteiger partial charge is 0.324 e. The minimum Gasteiger partial charge on any atom is -0.324 e. The Morgan fingerprint density at radius 3 is 2.67 bits per heavy atom. The summed E-state index contributed by atoms with van der Waals surface area (Å²) in [7, 11) is -3.61. The summed E-state index contributed by atoms with van der Waals surface area (Å²) in [5.41, 5.74) is 0.0856. The molecule has 1 saturated heterocycles. The van der Waals surface area contributed by atoms with Crippen LogP contribution in [-0.4, -0.2) is 41.3 Å². The molecular formula is C20H22N4O4S2. The van der Waals surface area contributed by atoms with E-state index in [1.54, 1.807) is 23.6 Å². The van der Waals surface area contributed by atoms with E-state index in [-0.39, 0.29) is 17.0 Å². The molecule has 8 nitrogen and oxygen atoms in total. The molecule has 1 aromatic carbocycles. The number of thiophene rings is 1. The molecule has 0 atom stereocenters. The summed E-state index contributed by atoms with van der Waals surface area (Å²) >= 11 is 1.36. The molecule has 1 amide bonds. The highest BCUT2D eigenvalue weighted by Gasteiger charge is 2.25. The first-order valence-corrected chi connectivity index (χ1v) is 12.1. The Bertz CT molecular complexity index is 1220. The van der Waals surface area contributed by atoms with Crippen molar-refractivity contribution in [3.8, 4) is 0 Å². The lowest BCUT2D eigenvalue weighted by molar-refractivity contribution is -0.116. The molecule has 1 fully saturated rings. The van der Waals surface area contributed by atoms with E-state index in [2.05, 4.69) is 10.3 Å². The molecule has 0 saturated carbocycles. The van der Waals surface area contributed by atoms with Crippen molar-refractivity contribution in [3.63, 3.8) is 0 Å². The van der Waals surface area contributed by atoms with Crippen LogP contribution in [-0.2, 0) is 21.4 Å². The van der Waals surface area contributed by atoms with Crippen molar-refractivity contribution < 1.29 is 13.2 Å². The van der Waals surface area contributed by atoms with Gasteiger partial charge < -0.3 is 5.32 Å². The number of nitrogens with one attached hydrogen (secondary N) is 1. The van der Waals surface area contributed by atoms with E-state index >= 15 is 0 Å². The van der Waals surface area contributed by atoms with Crippen LogP contribution in [0.1, 0.15) is 25.7 Å². The SMILES string of the molecule is O=C(Cn1cnc2sccc2c1=O)Nc1cccc(S(=O)(=O)N2CCCCCC2)c1. The first kappa shape index (κ1) is 20.7. The number of nitrogens with zero attached hydrogens (tertiary/aromatic N) is 3. The lowest BCUT2D eigenvalue weighted by Gasteiger charge is -2.20. The average molecular weight is 447 g/mol. The van der Waals surface area contributed by atoms with E-state index in [1.165, 1.54) is 38.7 Å². The van der Waals surface area contributed by atoms with Gasteiger partial charge in [-0.15, -0.1) is 11.3 Å². The van der Waals surface area contributed by atoms with Crippen LogP contribution in [0.15, 0.2) is 51.7 Å². The Kier molecular flexibility index (Phi) is 5.98. The monoisotopic (exact) mass is 446 g/mol. The van der Waals surface area contributed by atoms with Crippen LogP contribution in [0, 0.1) is 0 Å². The van der Waals surface area contributed by atoms with Gasteiger partial charge in [0.15, 0.2) is 0 Å². The Morgan fingerprint density at radius 2 is 1.90 bits per heavy atom. The number of fused-ring (bicyclic) bond motifs is 1. The van der Waals surface area contributed by atoms with E-state index < -0.39 is 15.9 Å². The molecule has 4 rings (SSSR count). The quantitative estimate of drug-likeness (QED) is 0.649.